The number of alkyl halides is 2. The highest BCUT2D eigenvalue weighted by Crippen LogP contribution is 2.48. The van der Waals surface area contributed by atoms with Crippen molar-refractivity contribution in [1.82, 2.24) is 47.7 Å². The first-order valence-corrected chi connectivity index (χ1v) is 37.9. The van der Waals surface area contributed by atoms with Crippen molar-refractivity contribution >= 4 is 75.0 Å². The Bertz CT molecular complexity index is 5100. The SMILES string of the molecule is COc1ccccc1[C@H](Cn1c(=O)n(C(C)(C)C(=O)NS(=O)(=O)C2(C)CC2)c(=O)c2c(C)c(-n3ncc(CC4(S(=O)(=O)NC(=O)C(C)(C)n5c(=O)c6c(C)c(-c7ncco7)sc6n(C[C@H](O[C@@H]6C[C@H]7CC[C@@H](C6)O7)c6cc(F)ccc6OC(F)F)c5=O)CC4)n3)sc21)O[C@@H]1C[C@H]2CC[C@@H](C1)O2. The number of hydrogen-bond acceptors (Lipinski definition) is 22. The van der Waals surface area contributed by atoms with E-state index in [4.69, 9.17) is 37.9 Å². The number of hydrogen-bond donors (Lipinski definition) is 2. The van der Waals surface area contributed by atoms with Gasteiger partial charge in [0.1, 0.15) is 61.5 Å². The number of carbonyl (C=O) groups excluding carboxylic acids is 2. The third kappa shape index (κ3) is 12.7. The molecular formula is C67H75F3N10O17S4. The molecule has 4 saturated heterocycles. The summed E-state index contributed by atoms with van der Waals surface area (Å²) in [5, 5.41) is 9.30. The normalized spacial score (nSPS) is 22.2. The van der Waals surface area contributed by atoms with E-state index in [-0.39, 0.29) is 110 Å². The number of oxazole rings is 1. The smallest absolute Gasteiger partial charge is 0.387 e. The molecule has 0 radical (unpaired) electrons. The van der Waals surface area contributed by atoms with Crippen molar-refractivity contribution in [3.05, 3.63) is 137 Å². The van der Waals surface area contributed by atoms with E-state index in [1.807, 2.05) is 0 Å². The Balaban J connectivity index is 0.797. The molecule has 6 aromatic heterocycles. The zero-order valence-corrected chi connectivity index (χ0v) is 59.6. The first kappa shape index (κ1) is 70.2. The van der Waals surface area contributed by atoms with Crippen LogP contribution in [0.4, 0.5) is 13.2 Å². The van der Waals surface area contributed by atoms with Crippen LogP contribution in [0.15, 0.2) is 84.7 Å². The molecule has 540 valence electrons. The lowest BCUT2D eigenvalue weighted by atomic mass is 10.0. The summed E-state index contributed by atoms with van der Waals surface area (Å²) in [6.45, 7) is 5.39. The zero-order valence-electron chi connectivity index (χ0n) is 56.4. The molecule has 8 atom stereocenters. The van der Waals surface area contributed by atoms with Gasteiger partial charge in [-0.2, -0.15) is 19.0 Å². The van der Waals surface area contributed by atoms with Crippen molar-refractivity contribution in [2.24, 2.45) is 0 Å². The molecule has 0 spiro atoms. The molecule has 4 aliphatic heterocycles. The molecule has 10 heterocycles. The summed E-state index contributed by atoms with van der Waals surface area (Å²) in [7, 11) is -7.54. The predicted molar refractivity (Wildman–Crippen MR) is 362 cm³/mol. The Morgan fingerprint density at radius 2 is 1.26 bits per heavy atom. The van der Waals surface area contributed by atoms with Crippen LogP contribution in [-0.2, 0) is 79.2 Å². The number of sulfonamides is 2. The molecule has 101 heavy (non-hydrogen) atoms. The quantitative estimate of drug-likeness (QED) is 0.0547. The van der Waals surface area contributed by atoms with Crippen LogP contribution in [0.1, 0.15) is 152 Å². The number of fused-ring (bicyclic) bond motifs is 6. The first-order valence-electron chi connectivity index (χ1n) is 33.3. The van der Waals surface area contributed by atoms with Crippen LogP contribution in [0.25, 0.3) is 36.2 Å². The maximum absolute atomic E-state index is 15.5. The lowest BCUT2D eigenvalue weighted by molar-refractivity contribution is -0.127. The van der Waals surface area contributed by atoms with Crippen LogP contribution in [0.5, 0.6) is 11.5 Å². The van der Waals surface area contributed by atoms with Crippen molar-refractivity contribution in [3.8, 4) is 27.3 Å². The highest BCUT2D eigenvalue weighted by Gasteiger charge is 2.57. The number of amides is 2. The number of para-hydroxylation sites is 1. The van der Waals surface area contributed by atoms with Crippen molar-refractivity contribution in [2.45, 2.75) is 221 Å². The minimum absolute atomic E-state index is 0.00885. The summed E-state index contributed by atoms with van der Waals surface area (Å²) >= 11 is 1.89. The fourth-order valence-corrected chi connectivity index (χ4v) is 20.1. The van der Waals surface area contributed by atoms with Gasteiger partial charge in [-0.3, -0.25) is 37.8 Å². The van der Waals surface area contributed by atoms with Gasteiger partial charge in [-0.15, -0.1) is 16.1 Å². The van der Waals surface area contributed by atoms with Gasteiger partial charge in [0.2, 0.25) is 25.9 Å². The van der Waals surface area contributed by atoms with Gasteiger partial charge < -0.3 is 32.8 Å². The molecular weight excluding hydrogens is 1400 g/mol. The standard InChI is InChI=1S/C67H75F3N10O17S4/c1-34-50-54(81)78(62(85)76(57(50)98-52(34)53-71-23-24-92-53)33-49(96-43-28-40-16-17-41(29-43)94-40)45-25-36(68)13-18-47(45)97-61(69)70)65(5,6)60(84)75-101(89,90)67(21-22-67)30-37-31-72-80(73-37)56-35(2)51-55(82)79(64(3,4)59(83)74-100(87,88)66(7)19-20-66)63(86)77(58(51)99-56)32-48(44-11-9-10-12-46(44)91-8)95-42-26-38-14-15-39(27-42)93-38/h9-13,18,23-25,31,38-43,48-49,61H,14-17,19-22,26-30,32-33H2,1-8H3,(H,74,83)(H,75,84)/t38-,39+,40-,41+,42-,43-,48-,49-/m0/s1. The van der Waals surface area contributed by atoms with E-state index in [0.717, 1.165) is 75.7 Å². The Labute approximate surface area is 583 Å². The Morgan fingerprint density at radius 3 is 1.78 bits per heavy atom. The molecule has 4 bridgehead atoms. The van der Waals surface area contributed by atoms with E-state index in [1.54, 1.807) is 38.1 Å². The van der Waals surface area contributed by atoms with E-state index in [1.165, 1.54) is 69.7 Å². The second-order valence-corrected chi connectivity index (χ2v) is 34.7. The van der Waals surface area contributed by atoms with Crippen molar-refractivity contribution in [1.29, 1.82) is 0 Å². The number of halogens is 3. The van der Waals surface area contributed by atoms with Crippen LogP contribution < -0.4 is 41.4 Å². The maximum atomic E-state index is 15.5. The molecule has 2 N–H and O–H groups in total. The molecule has 8 aromatic rings. The topological polar surface area (TPSA) is 327 Å². The number of aromatic nitrogens is 8. The molecule has 0 unspecified atom stereocenters. The number of aryl methyl sites for hydroxylation is 2. The number of thiophene rings is 2. The fourth-order valence-electron chi connectivity index (χ4n) is 14.5. The molecule has 6 fully saturated rings. The van der Waals surface area contributed by atoms with E-state index in [2.05, 4.69) is 19.5 Å². The number of carbonyl (C=O) groups is 2. The number of benzene rings is 2. The lowest BCUT2D eigenvalue weighted by Crippen LogP contribution is -2.57. The zero-order chi connectivity index (χ0) is 71.8. The van der Waals surface area contributed by atoms with Gasteiger partial charge in [0, 0.05) is 23.1 Å². The van der Waals surface area contributed by atoms with Crippen molar-refractivity contribution < 1.29 is 72.4 Å². The van der Waals surface area contributed by atoms with E-state index < -0.39 is 118 Å². The second kappa shape index (κ2) is 25.8. The van der Waals surface area contributed by atoms with Crippen LogP contribution in [0, 0.1) is 19.7 Å². The van der Waals surface area contributed by atoms with Crippen LogP contribution in [-0.4, -0.2) is 127 Å². The first-order chi connectivity index (χ1) is 47.8. The van der Waals surface area contributed by atoms with Gasteiger partial charge in [0.25, 0.3) is 22.9 Å². The highest BCUT2D eigenvalue weighted by molar-refractivity contribution is 7.92. The van der Waals surface area contributed by atoms with Crippen LogP contribution in [0.2, 0.25) is 0 Å². The van der Waals surface area contributed by atoms with Crippen LogP contribution in [0.3, 0.4) is 0 Å². The summed E-state index contributed by atoms with van der Waals surface area (Å²) < 4.78 is 148. The molecule has 2 aliphatic carbocycles. The Kier molecular flexibility index (Phi) is 17.9. The maximum Gasteiger partial charge on any atom is 0.387 e. The molecule has 27 nitrogen and oxygen atoms in total. The van der Waals surface area contributed by atoms with Crippen LogP contribution >= 0.6 is 22.7 Å². The van der Waals surface area contributed by atoms with Gasteiger partial charge in [-0.25, -0.2) is 44.9 Å². The summed E-state index contributed by atoms with van der Waals surface area (Å²) in [5.74, 6) is -3.20. The third-order valence-electron chi connectivity index (χ3n) is 20.8. The minimum Gasteiger partial charge on any atom is -0.496 e. The average molecular weight is 1480 g/mol. The Hall–Kier alpha value is -7.86. The second-order valence-electron chi connectivity index (χ2n) is 28.4. The van der Waals surface area contributed by atoms with Gasteiger partial charge in [0.15, 0.2) is 0 Å². The van der Waals surface area contributed by atoms with Gasteiger partial charge in [-0.05, 0) is 155 Å². The molecule has 14 rings (SSSR count). The number of methoxy groups -OCH3 is 1. The summed E-state index contributed by atoms with van der Waals surface area (Å²) in [6, 6.07) is 10.0. The molecule has 2 aromatic carbocycles. The highest BCUT2D eigenvalue weighted by atomic mass is 32.2. The predicted octanol–water partition coefficient (Wildman–Crippen LogP) is 7.99. The van der Waals surface area contributed by atoms with E-state index >= 15 is 23.6 Å². The number of rotatable bonds is 25. The molecule has 6 aliphatic rings. The van der Waals surface area contributed by atoms with Crippen molar-refractivity contribution in [3.63, 3.8) is 0 Å². The van der Waals surface area contributed by atoms with E-state index in [0.29, 0.717) is 59.3 Å². The summed E-state index contributed by atoms with van der Waals surface area (Å²) in [4.78, 5) is 96.5. The number of ether oxygens (including phenoxy) is 6. The summed E-state index contributed by atoms with van der Waals surface area (Å²) in [6.07, 6.45) is 5.69. The van der Waals surface area contributed by atoms with E-state index in [9.17, 15) is 35.2 Å². The molecule has 2 amide bonds. The van der Waals surface area contributed by atoms with Gasteiger partial charge in [0.05, 0.1) is 100 Å². The monoisotopic (exact) mass is 1480 g/mol. The van der Waals surface area contributed by atoms with Gasteiger partial charge in [-0.1, -0.05) is 29.5 Å². The average Bonchev–Trinajstić information content (AvgIpc) is 1.66. The third-order valence-corrected chi connectivity index (χ3v) is 27.7. The summed E-state index contributed by atoms with van der Waals surface area (Å²) in [5.41, 5.74) is -7.52. The Morgan fingerprint density at radius 1 is 0.723 bits per heavy atom. The molecule has 2 saturated carbocycles. The largest absolute Gasteiger partial charge is 0.496 e. The number of nitrogens with one attached hydrogen (secondary N) is 2. The number of nitrogens with zero attached hydrogens (tertiary/aromatic N) is 8. The van der Waals surface area contributed by atoms with Crippen molar-refractivity contribution in [2.75, 3.05) is 7.11 Å². The molecule has 34 heteroatoms. The lowest BCUT2D eigenvalue weighted by Gasteiger charge is -2.33. The fraction of sp³-hybridized carbons (Fsp3) is 0.537. The van der Waals surface area contributed by atoms with Gasteiger partial charge >= 0.3 is 18.0 Å². The minimum atomic E-state index is -4.78.